The second kappa shape index (κ2) is 6.70. The van der Waals surface area contributed by atoms with Crippen LogP contribution in [0, 0.1) is 23.0 Å². The van der Waals surface area contributed by atoms with Crippen molar-refractivity contribution in [2.24, 2.45) is 0 Å². The zero-order chi connectivity index (χ0) is 13.5. The Hall–Kier alpha value is -1.96. The van der Waals surface area contributed by atoms with E-state index in [1.807, 2.05) is 6.07 Å². The zero-order valence-electron chi connectivity index (χ0n) is 9.95. The van der Waals surface area contributed by atoms with E-state index in [0.717, 1.165) is 6.07 Å². The quantitative estimate of drug-likeness (QED) is 0.758. The summed E-state index contributed by atoms with van der Waals surface area (Å²) >= 11 is 0. The Morgan fingerprint density at radius 1 is 1.50 bits per heavy atom. The molecule has 0 aliphatic rings. The van der Waals surface area contributed by atoms with E-state index in [4.69, 9.17) is 10.00 Å². The van der Waals surface area contributed by atoms with Crippen molar-refractivity contribution in [2.45, 2.75) is 25.7 Å². The zero-order valence-corrected chi connectivity index (χ0v) is 9.95. The van der Waals surface area contributed by atoms with Gasteiger partial charge in [-0.3, -0.25) is 4.79 Å². The van der Waals surface area contributed by atoms with Gasteiger partial charge in [0.15, 0.2) is 11.6 Å². The number of halogens is 2. The van der Waals surface area contributed by atoms with Gasteiger partial charge in [-0.1, -0.05) is 12.1 Å². The molecule has 1 aromatic rings. The fourth-order valence-electron chi connectivity index (χ4n) is 1.57. The molecular formula is C13H13F2NO2. The van der Waals surface area contributed by atoms with Gasteiger partial charge in [0.2, 0.25) is 0 Å². The van der Waals surface area contributed by atoms with Gasteiger partial charge < -0.3 is 4.74 Å². The van der Waals surface area contributed by atoms with Crippen LogP contribution in [0.15, 0.2) is 18.2 Å². The highest BCUT2D eigenvalue weighted by Gasteiger charge is 2.19. The molecule has 96 valence electrons. The SMILES string of the molecule is CCOC(=O)CCC(C#N)c1cccc(F)c1F. The van der Waals surface area contributed by atoms with Crippen molar-refractivity contribution in [3.8, 4) is 6.07 Å². The van der Waals surface area contributed by atoms with Crippen LogP contribution in [0.3, 0.4) is 0 Å². The molecule has 0 fully saturated rings. The summed E-state index contributed by atoms with van der Waals surface area (Å²) in [7, 11) is 0. The standard InChI is InChI=1S/C13H13F2NO2/c1-2-18-12(17)7-6-9(8-16)10-4-3-5-11(14)13(10)15/h3-5,9H,2,6-7H2,1H3. The lowest BCUT2D eigenvalue weighted by atomic mass is 9.95. The molecule has 0 heterocycles. The van der Waals surface area contributed by atoms with Crippen LogP contribution >= 0.6 is 0 Å². The number of ether oxygens (including phenoxy) is 1. The molecular weight excluding hydrogens is 240 g/mol. The molecule has 0 aromatic heterocycles. The fraction of sp³-hybridized carbons (Fsp3) is 0.385. The molecule has 0 saturated heterocycles. The third-order valence-corrected chi connectivity index (χ3v) is 2.46. The lowest BCUT2D eigenvalue weighted by Crippen LogP contribution is -2.08. The lowest BCUT2D eigenvalue weighted by Gasteiger charge is -2.10. The Kier molecular flexibility index (Phi) is 5.25. The number of nitriles is 1. The maximum Gasteiger partial charge on any atom is 0.305 e. The van der Waals surface area contributed by atoms with Crippen LogP contribution in [0.5, 0.6) is 0 Å². The van der Waals surface area contributed by atoms with Gasteiger partial charge in [-0.15, -0.1) is 0 Å². The highest BCUT2D eigenvalue weighted by Crippen LogP contribution is 2.24. The number of carbonyl (C=O) groups excluding carboxylic acids is 1. The topological polar surface area (TPSA) is 50.1 Å². The van der Waals surface area contributed by atoms with Gasteiger partial charge in [-0.05, 0) is 19.4 Å². The Bertz CT molecular complexity index is 469. The van der Waals surface area contributed by atoms with Crippen LogP contribution in [0.4, 0.5) is 8.78 Å². The fourth-order valence-corrected chi connectivity index (χ4v) is 1.57. The average molecular weight is 253 g/mol. The van der Waals surface area contributed by atoms with Crippen molar-refractivity contribution in [3.05, 3.63) is 35.4 Å². The Balaban J connectivity index is 2.76. The maximum atomic E-state index is 13.5. The summed E-state index contributed by atoms with van der Waals surface area (Å²) in [5.74, 6) is -3.34. The van der Waals surface area contributed by atoms with E-state index in [0.29, 0.717) is 0 Å². The van der Waals surface area contributed by atoms with E-state index in [1.54, 1.807) is 6.92 Å². The van der Waals surface area contributed by atoms with Crippen molar-refractivity contribution < 1.29 is 18.3 Å². The molecule has 18 heavy (non-hydrogen) atoms. The molecule has 0 spiro atoms. The smallest absolute Gasteiger partial charge is 0.305 e. The molecule has 3 nitrogen and oxygen atoms in total. The predicted octanol–water partition coefficient (Wildman–Crippen LogP) is 2.92. The summed E-state index contributed by atoms with van der Waals surface area (Å²) in [6, 6.07) is 5.53. The first kappa shape index (κ1) is 14.1. The molecule has 1 atom stereocenters. The van der Waals surface area contributed by atoms with E-state index in [-0.39, 0.29) is 25.0 Å². The van der Waals surface area contributed by atoms with Crippen molar-refractivity contribution >= 4 is 5.97 Å². The van der Waals surface area contributed by atoms with E-state index < -0.39 is 23.5 Å². The molecule has 0 aliphatic heterocycles. The number of carbonyl (C=O) groups is 1. The molecule has 5 heteroatoms. The molecule has 0 aliphatic carbocycles. The van der Waals surface area contributed by atoms with Crippen LogP contribution in [-0.2, 0) is 9.53 Å². The van der Waals surface area contributed by atoms with Crippen LogP contribution in [-0.4, -0.2) is 12.6 Å². The highest BCUT2D eigenvalue weighted by atomic mass is 19.2. The predicted molar refractivity (Wildman–Crippen MR) is 60.6 cm³/mol. The molecule has 0 radical (unpaired) electrons. The summed E-state index contributed by atoms with van der Waals surface area (Å²) in [5, 5.41) is 8.95. The van der Waals surface area contributed by atoms with Crippen molar-refractivity contribution in [2.75, 3.05) is 6.61 Å². The van der Waals surface area contributed by atoms with Gasteiger partial charge in [-0.25, -0.2) is 8.78 Å². The number of esters is 1. The number of hydrogen-bond donors (Lipinski definition) is 0. The van der Waals surface area contributed by atoms with Crippen LogP contribution < -0.4 is 0 Å². The third-order valence-electron chi connectivity index (χ3n) is 2.46. The van der Waals surface area contributed by atoms with Crippen molar-refractivity contribution in [1.29, 1.82) is 5.26 Å². The minimum Gasteiger partial charge on any atom is -0.466 e. The summed E-state index contributed by atoms with van der Waals surface area (Å²) < 4.78 is 31.2. The van der Waals surface area contributed by atoms with E-state index >= 15 is 0 Å². The molecule has 1 rings (SSSR count). The molecule has 1 aromatic carbocycles. The minimum absolute atomic E-state index is 0.00200. The minimum atomic E-state index is -1.03. The van der Waals surface area contributed by atoms with Crippen molar-refractivity contribution in [1.82, 2.24) is 0 Å². The number of benzene rings is 1. The summed E-state index contributed by atoms with van der Waals surface area (Å²) in [6.45, 7) is 1.93. The van der Waals surface area contributed by atoms with Crippen molar-refractivity contribution in [3.63, 3.8) is 0 Å². The van der Waals surface area contributed by atoms with E-state index in [1.165, 1.54) is 12.1 Å². The first-order valence-electron chi connectivity index (χ1n) is 5.59. The van der Waals surface area contributed by atoms with Gasteiger partial charge >= 0.3 is 5.97 Å². The van der Waals surface area contributed by atoms with E-state index in [2.05, 4.69) is 0 Å². The second-order valence-electron chi connectivity index (χ2n) is 3.67. The van der Waals surface area contributed by atoms with E-state index in [9.17, 15) is 13.6 Å². The Morgan fingerprint density at radius 3 is 2.83 bits per heavy atom. The Labute approximate surface area is 104 Å². The van der Waals surface area contributed by atoms with Crippen LogP contribution in [0.1, 0.15) is 31.2 Å². The average Bonchev–Trinajstić information content (AvgIpc) is 2.35. The monoisotopic (exact) mass is 253 g/mol. The molecule has 1 unspecified atom stereocenters. The van der Waals surface area contributed by atoms with Gasteiger partial charge in [-0.2, -0.15) is 5.26 Å². The summed E-state index contributed by atoms with van der Waals surface area (Å²) in [4.78, 5) is 11.1. The second-order valence-corrected chi connectivity index (χ2v) is 3.67. The molecule has 0 saturated carbocycles. The summed E-state index contributed by atoms with van der Waals surface area (Å²) in [6.07, 6.45) is 0.109. The summed E-state index contributed by atoms with van der Waals surface area (Å²) in [5.41, 5.74) is -0.0261. The number of rotatable bonds is 5. The lowest BCUT2D eigenvalue weighted by molar-refractivity contribution is -0.143. The van der Waals surface area contributed by atoms with Gasteiger partial charge in [0.05, 0.1) is 18.6 Å². The first-order valence-corrected chi connectivity index (χ1v) is 5.59. The van der Waals surface area contributed by atoms with Crippen LogP contribution in [0.25, 0.3) is 0 Å². The third kappa shape index (κ3) is 3.52. The first-order chi connectivity index (χ1) is 8.60. The molecule has 0 bridgehead atoms. The van der Waals surface area contributed by atoms with Gasteiger partial charge in [0.25, 0.3) is 0 Å². The number of hydrogen-bond acceptors (Lipinski definition) is 3. The Morgan fingerprint density at radius 2 is 2.22 bits per heavy atom. The normalized spacial score (nSPS) is 11.7. The van der Waals surface area contributed by atoms with Gasteiger partial charge in [0.1, 0.15) is 0 Å². The maximum absolute atomic E-state index is 13.5. The van der Waals surface area contributed by atoms with Gasteiger partial charge in [0, 0.05) is 12.0 Å². The van der Waals surface area contributed by atoms with Crippen LogP contribution in [0.2, 0.25) is 0 Å². The highest BCUT2D eigenvalue weighted by molar-refractivity contribution is 5.69. The molecule has 0 amide bonds. The number of nitrogens with zero attached hydrogens (tertiary/aromatic N) is 1. The largest absolute Gasteiger partial charge is 0.466 e. The molecule has 0 N–H and O–H groups in total.